The van der Waals surface area contributed by atoms with Crippen molar-refractivity contribution in [3.63, 3.8) is 0 Å². The summed E-state index contributed by atoms with van der Waals surface area (Å²) in [4.78, 5) is 27.4. The van der Waals surface area contributed by atoms with Gasteiger partial charge in [0.15, 0.2) is 0 Å². The van der Waals surface area contributed by atoms with Gasteiger partial charge in [0.25, 0.3) is 5.91 Å². The van der Waals surface area contributed by atoms with Crippen LogP contribution in [0.4, 0.5) is 0 Å². The molecule has 0 aromatic heterocycles. The van der Waals surface area contributed by atoms with E-state index in [0.29, 0.717) is 21.7 Å². The van der Waals surface area contributed by atoms with E-state index in [1.165, 1.54) is 4.90 Å². The van der Waals surface area contributed by atoms with Crippen LogP contribution in [0.1, 0.15) is 45.1 Å². The molecule has 1 aliphatic heterocycles. The summed E-state index contributed by atoms with van der Waals surface area (Å²) in [5, 5.41) is 32.1. The summed E-state index contributed by atoms with van der Waals surface area (Å²) >= 11 is 6.04. The van der Waals surface area contributed by atoms with E-state index >= 15 is 0 Å². The number of amides is 1. The number of aliphatic hydroxyl groups excluding tert-OH is 2. The number of carbonyl (C=O) groups is 2. The molecule has 1 amide bonds. The van der Waals surface area contributed by atoms with E-state index in [4.69, 9.17) is 11.6 Å². The Morgan fingerprint density at radius 3 is 2.22 bits per heavy atom. The summed E-state index contributed by atoms with van der Waals surface area (Å²) in [7, 11) is 0. The van der Waals surface area contributed by atoms with Gasteiger partial charge in [0.1, 0.15) is 12.0 Å². The fraction of sp³-hybridized carbons (Fsp3) is 0.200. The molecule has 7 heteroatoms. The Morgan fingerprint density at radius 1 is 0.969 bits per heavy atom. The number of aliphatic hydroxyl groups is 2. The first-order valence-electron chi connectivity index (χ1n) is 10.2. The van der Waals surface area contributed by atoms with Gasteiger partial charge in [-0.25, -0.2) is 0 Å². The number of rotatable bonds is 6. The Balaban J connectivity index is 1.91. The number of hydrogen-bond donors (Lipinski definition) is 3. The van der Waals surface area contributed by atoms with Gasteiger partial charge in [0, 0.05) is 10.6 Å². The standard InChI is InChI=1S/C25H22ClNO5/c26-17-12-10-15(11-13-17)22-21(25(31)32)18-8-4-5-9-19(18)24(30)27(22)20(14-28)23(29)16-6-2-1-3-7-16/h1-13,20-23,28-29H,14H2,(H,31,32)/t20-,21?,22?,23-/m0/s1. The van der Waals surface area contributed by atoms with Crippen LogP contribution in [0.3, 0.4) is 0 Å². The van der Waals surface area contributed by atoms with Gasteiger partial charge < -0.3 is 20.2 Å². The van der Waals surface area contributed by atoms with Gasteiger partial charge in [-0.15, -0.1) is 0 Å². The average Bonchev–Trinajstić information content (AvgIpc) is 2.81. The first-order chi connectivity index (χ1) is 15.4. The van der Waals surface area contributed by atoms with Crippen LogP contribution in [0.2, 0.25) is 5.02 Å². The Labute approximate surface area is 190 Å². The largest absolute Gasteiger partial charge is 0.481 e. The summed E-state index contributed by atoms with van der Waals surface area (Å²) in [6, 6.07) is 19.8. The predicted octanol–water partition coefficient (Wildman–Crippen LogP) is 3.80. The lowest BCUT2D eigenvalue weighted by Gasteiger charge is -2.45. The minimum atomic E-state index is -1.22. The topological polar surface area (TPSA) is 98.1 Å². The third kappa shape index (κ3) is 3.88. The molecule has 0 spiro atoms. The molecule has 164 valence electrons. The van der Waals surface area contributed by atoms with Crippen molar-refractivity contribution in [2.24, 2.45) is 0 Å². The fourth-order valence-corrected chi connectivity index (χ4v) is 4.54. The summed E-state index contributed by atoms with van der Waals surface area (Å²) < 4.78 is 0. The van der Waals surface area contributed by atoms with Crippen molar-refractivity contribution >= 4 is 23.5 Å². The maximum absolute atomic E-state index is 13.7. The zero-order valence-corrected chi connectivity index (χ0v) is 17.8. The van der Waals surface area contributed by atoms with Crippen molar-refractivity contribution in [1.29, 1.82) is 0 Å². The molecule has 0 aliphatic carbocycles. The van der Waals surface area contributed by atoms with Gasteiger partial charge in [-0.2, -0.15) is 0 Å². The van der Waals surface area contributed by atoms with E-state index in [1.807, 2.05) is 0 Å². The molecule has 0 fully saturated rings. The average molecular weight is 452 g/mol. The van der Waals surface area contributed by atoms with Gasteiger partial charge in [-0.3, -0.25) is 9.59 Å². The molecular weight excluding hydrogens is 430 g/mol. The highest BCUT2D eigenvalue weighted by Gasteiger charge is 2.48. The number of fused-ring (bicyclic) bond motifs is 1. The van der Waals surface area contributed by atoms with E-state index in [9.17, 15) is 24.9 Å². The second-order valence-corrected chi connectivity index (χ2v) is 8.15. The number of nitrogens with zero attached hydrogens (tertiary/aromatic N) is 1. The maximum Gasteiger partial charge on any atom is 0.313 e. The number of hydrogen-bond acceptors (Lipinski definition) is 4. The highest BCUT2D eigenvalue weighted by atomic mass is 35.5. The highest BCUT2D eigenvalue weighted by Crippen LogP contribution is 2.45. The third-order valence-electron chi connectivity index (χ3n) is 5.90. The van der Waals surface area contributed by atoms with Crippen molar-refractivity contribution in [3.8, 4) is 0 Å². The normalized spacial score (nSPS) is 19.8. The molecule has 3 aromatic carbocycles. The number of aliphatic carboxylic acids is 1. The molecule has 1 aliphatic rings. The summed E-state index contributed by atoms with van der Waals surface area (Å²) in [6.45, 7) is -0.555. The van der Waals surface area contributed by atoms with Crippen molar-refractivity contribution in [2.75, 3.05) is 6.61 Å². The lowest BCUT2D eigenvalue weighted by atomic mass is 9.78. The quantitative estimate of drug-likeness (QED) is 0.529. The SMILES string of the molecule is O=C(O)C1c2ccccc2C(=O)N([C@@H](CO)[C@@H](O)c2ccccc2)C1c1ccc(Cl)cc1. The van der Waals surface area contributed by atoms with Gasteiger partial charge >= 0.3 is 5.97 Å². The van der Waals surface area contributed by atoms with Gasteiger partial charge in [0.05, 0.1) is 18.7 Å². The van der Waals surface area contributed by atoms with Gasteiger partial charge in [0.2, 0.25) is 0 Å². The number of carboxylic acid groups (broad SMARTS) is 1. The summed E-state index contributed by atoms with van der Waals surface area (Å²) in [5.41, 5.74) is 1.69. The zero-order valence-electron chi connectivity index (χ0n) is 17.0. The van der Waals surface area contributed by atoms with Crippen LogP contribution in [-0.2, 0) is 4.79 Å². The molecule has 0 saturated carbocycles. The monoisotopic (exact) mass is 451 g/mol. The minimum Gasteiger partial charge on any atom is -0.481 e. The smallest absolute Gasteiger partial charge is 0.313 e. The van der Waals surface area contributed by atoms with E-state index in [1.54, 1.807) is 78.9 Å². The van der Waals surface area contributed by atoms with Gasteiger partial charge in [-0.05, 0) is 34.9 Å². The fourth-order valence-electron chi connectivity index (χ4n) is 4.41. The number of carbonyl (C=O) groups excluding carboxylic acids is 1. The summed E-state index contributed by atoms with van der Waals surface area (Å²) in [5.74, 6) is -2.66. The summed E-state index contributed by atoms with van der Waals surface area (Å²) in [6.07, 6.45) is -1.22. The molecule has 4 atom stereocenters. The predicted molar refractivity (Wildman–Crippen MR) is 119 cm³/mol. The Morgan fingerprint density at radius 2 is 1.59 bits per heavy atom. The molecule has 3 aromatic rings. The molecule has 3 N–H and O–H groups in total. The number of halogens is 1. The molecule has 0 radical (unpaired) electrons. The maximum atomic E-state index is 13.7. The van der Waals surface area contributed by atoms with E-state index < -0.39 is 42.6 Å². The molecular formula is C25H22ClNO5. The van der Waals surface area contributed by atoms with Gasteiger partial charge in [-0.1, -0.05) is 72.3 Å². The molecule has 6 nitrogen and oxygen atoms in total. The molecule has 0 saturated heterocycles. The molecule has 32 heavy (non-hydrogen) atoms. The lowest BCUT2D eigenvalue weighted by molar-refractivity contribution is -0.141. The van der Waals surface area contributed by atoms with E-state index in [2.05, 4.69) is 0 Å². The van der Waals surface area contributed by atoms with E-state index in [0.717, 1.165) is 0 Å². The van der Waals surface area contributed by atoms with Crippen LogP contribution < -0.4 is 0 Å². The van der Waals surface area contributed by atoms with Crippen molar-refractivity contribution in [2.45, 2.75) is 24.1 Å². The Kier molecular flexibility index (Phi) is 6.28. The molecule has 0 bridgehead atoms. The van der Waals surface area contributed by atoms with Crippen molar-refractivity contribution < 1.29 is 24.9 Å². The van der Waals surface area contributed by atoms with Crippen molar-refractivity contribution in [1.82, 2.24) is 4.90 Å². The third-order valence-corrected chi connectivity index (χ3v) is 6.16. The van der Waals surface area contributed by atoms with Crippen LogP contribution >= 0.6 is 11.6 Å². The second-order valence-electron chi connectivity index (χ2n) is 7.72. The van der Waals surface area contributed by atoms with Crippen LogP contribution in [0.15, 0.2) is 78.9 Å². The first-order valence-corrected chi connectivity index (χ1v) is 10.6. The first kappa shape index (κ1) is 22.0. The second kappa shape index (κ2) is 9.12. The molecule has 1 heterocycles. The highest BCUT2D eigenvalue weighted by molar-refractivity contribution is 6.30. The zero-order chi connectivity index (χ0) is 22.8. The van der Waals surface area contributed by atoms with Crippen LogP contribution in [0.5, 0.6) is 0 Å². The van der Waals surface area contributed by atoms with Crippen LogP contribution in [-0.4, -0.2) is 44.7 Å². The molecule has 4 rings (SSSR count). The Bertz CT molecular complexity index is 1120. The van der Waals surface area contributed by atoms with Crippen LogP contribution in [0, 0.1) is 0 Å². The lowest BCUT2D eigenvalue weighted by Crippen LogP contribution is -2.53. The van der Waals surface area contributed by atoms with E-state index in [-0.39, 0.29) is 5.56 Å². The molecule has 2 unspecified atom stereocenters. The van der Waals surface area contributed by atoms with Crippen LogP contribution in [0.25, 0.3) is 0 Å². The minimum absolute atomic E-state index is 0.240. The number of benzene rings is 3. The number of carboxylic acids is 1. The Hall–Kier alpha value is -3.19. The van der Waals surface area contributed by atoms with Crippen molar-refractivity contribution in [3.05, 3.63) is 106 Å².